The van der Waals surface area contributed by atoms with Crippen molar-refractivity contribution in [2.75, 3.05) is 0 Å². The van der Waals surface area contributed by atoms with Gasteiger partial charge in [-0.05, 0) is 69.9 Å². The van der Waals surface area contributed by atoms with Gasteiger partial charge in [0.1, 0.15) is 0 Å². The Hall–Kier alpha value is -1.96. The summed E-state index contributed by atoms with van der Waals surface area (Å²) >= 11 is 0. The monoisotopic (exact) mass is 410 g/mol. The third kappa shape index (κ3) is 6.79. The van der Waals surface area contributed by atoms with E-state index in [-0.39, 0.29) is 10.8 Å². The normalized spacial score (nSPS) is 12.5. The Labute approximate surface area is 184 Å². The summed E-state index contributed by atoms with van der Waals surface area (Å²) in [5.74, 6) is 2.72. The Kier molecular flexibility index (Phi) is 7.66. The van der Waals surface area contributed by atoms with Crippen LogP contribution in [-0.4, -0.2) is 0 Å². The highest BCUT2D eigenvalue weighted by atomic mass is 17.2. The van der Waals surface area contributed by atoms with Crippen molar-refractivity contribution in [3.8, 4) is 11.5 Å². The summed E-state index contributed by atoms with van der Waals surface area (Å²) in [6.45, 7) is 22.4. The topological polar surface area (TPSA) is 18.5 Å². The Morgan fingerprint density at radius 1 is 0.600 bits per heavy atom. The summed E-state index contributed by atoms with van der Waals surface area (Å²) in [5, 5.41) is 0. The van der Waals surface area contributed by atoms with Gasteiger partial charge >= 0.3 is 0 Å². The quantitative estimate of drug-likeness (QED) is 0.339. The van der Waals surface area contributed by atoms with Crippen molar-refractivity contribution in [1.29, 1.82) is 0 Å². The van der Waals surface area contributed by atoms with Crippen LogP contribution in [0.5, 0.6) is 11.5 Å². The lowest BCUT2D eigenvalue weighted by atomic mass is 9.85. The van der Waals surface area contributed by atoms with Gasteiger partial charge in [0.2, 0.25) is 0 Å². The van der Waals surface area contributed by atoms with E-state index < -0.39 is 0 Å². The molecule has 0 aromatic heterocycles. The second-order valence-corrected chi connectivity index (χ2v) is 11.5. The fourth-order valence-corrected chi connectivity index (χ4v) is 3.54. The van der Waals surface area contributed by atoms with Gasteiger partial charge < -0.3 is 0 Å². The van der Waals surface area contributed by atoms with Gasteiger partial charge in [0.25, 0.3) is 0 Å². The molecule has 2 rings (SSSR count). The maximum atomic E-state index is 5.94. The molecule has 0 unspecified atom stereocenters. The molecule has 30 heavy (non-hydrogen) atoms. The molecule has 2 aromatic rings. The molecule has 2 aromatic carbocycles. The van der Waals surface area contributed by atoms with Crippen molar-refractivity contribution < 1.29 is 9.78 Å². The van der Waals surface area contributed by atoms with Gasteiger partial charge in [0, 0.05) is 0 Å². The van der Waals surface area contributed by atoms with Crippen LogP contribution in [0, 0.1) is 11.8 Å². The lowest BCUT2D eigenvalue weighted by molar-refractivity contribution is -0.102. The van der Waals surface area contributed by atoms with Crippen LogP contribution in [0.4, 0.5) is 0 Å². The zero-order valence-electron chi connectivity index (χ0n) is 20.8. The molecule has 166 valence electrons. The molecular weight excluding hydrogens is 368 g/mol. The summed E-state index contributed by atoms with van der Waals surface area (Å²) in [4.78, 5) is 11.9. The van der Waals surface area contributed by atoms with Gasteiger partial charge in [0.15, 0.2) is 11.5 Å². The van der Waals surface area contributed by atoms with Gasteiger partial charge in [-0.1, -0.05) is 93.5 Å². The smallest absolute Gasteiger partial charge is 0.181 e. The van der Waals surface area contributed by atoms with Gasteiger partial charge in [-0.25, -0.2) is 0 Å². The van der Waals surface area contributed by atoms with E-state index in [1.54, 1.807) is 0 Å². The fourth-order valence-electron chi connectivity index (χ4n) is 3.54. The maximum Gasteiger partial charge on any atom is 0.181 e. The standard InChI is InChI=1S/C28H42O2/c1-19(2)15-21-17-23(27(5,6)7)11-13-25(21)29-30-26-14-12-24(28(8,9)10)18-22(26)16-20(3)4/h11-14,17-20H,15-16H2,1-10H3. The zero-order chi connectivity index (χ0) is 22.7. The maximum absolute atomic E-state index is 5.94. The molecule has 0 bridgehead atoms. The lowest BCUT2D eigenvalue weighted by Crippen LogP contribution is -2.14. The second kappa shape index (κ2) is 9.45. The van der Waals surface area contributed by atoms with Gasteiger partial charge in [0.05, 0.1) is 0 Å². The first-order valence-electron chi connectivity index (χ1n) is 11.4. The predicted octanol–water partition coefficient (Wildman–Crippen LogP) is 8.05. The van der Waals surface area contributed by atoms with Crippen molar-refractivity contribution in [3.63, 3.8) is 0 Å². The molecule has 0 aliphatic heterocycles. The number of benzene rings is 2. The van der Waals surface area contributed by atoms with Crippen molar-refractivity contribution in [2.45, 2.75) is 92.9 Å². The molecule has 0 spiro atoms. The van der Waals surface area contributed by atoms with Crippen LogP contribution < -0.4 is 9.78 Å². The van der Waals surface area contributed by atoms with Crippen molar-refractivity contribution >= 4 is 0 Å². The molecular formula is C28H42O2. The van der Waals surface area contributed by atoms with E-state index in [4.69, 9.17) is 9.78 Å². The highest BCUT2D eigenvalue weighted by Crippen LogP contribution is 2.32. The average Bonchev–Trinajstić information content (AvgIpc) is 2.58. The first-order valence-corrected chi connectivity index (χ1v) is 11.4. The Morgan fingerprint density at radius 2 is 0.933 bits per heavy atom. The second-order valence-electron chi connectivity index (χ2n) is 11.5. The molecule has 2 nitrogen and oxygen atoms in total. The minimum Gasteiger partial charge on any atom is -0.290 e. The first-order chi connectivity index (χ1) is 13.8. The lowest BCUT2D eigenvalue weighted by Gasteiger charge is -2.23. The Morgan fingerprint density at radius 3 is 1.20 bits per heavy atom. The molecule has 0 aliphatic rings. The summed E-state index contributed by atoms with van der Waals surface area (Å²) < 4.78 is 0. The SMILES string of the molecule is CC(C)Cc1cc(C(C)(C)C)ccc1OOc1ccc(C(C)(C)C)cc1CC(C)C. The fraction of sp³-hybridized carbons (Fsp3) is 0.571. The molecule has 0 fully saturated rings. The van der Waals surface area contributed by atoms with E-state index in [9.17, 15) is 0 Å². The first kappa shape index (κ1) is 24.3. The third-order valence-electron chi connectivity index (χ3n) is 5.33. The highest BCUT2D eigenvalue weighted by Gasteiger charge is 2.19. The number of hydrogen-bond acceptors (Lipinski definition) is 2. The molecule has 0 heterocycles. The number of rotatable bonds is 7. The van der Waals surface area contributed by atoms with Crippen LogP contribution in [0.15, 0.2) is 36.4 Å². The summed E-state index contributed by atoms with van der Waals surface area (Å²) in [7, 11) is 0. The zero-order valence-corrected chi connectivity index (χ0v) is 20.8. The van der Waals surface area contributed by atoms with E-state index in [1.807, 2.05) is 0 Å². The van der Waals surface area contributed by atoms with Crippen LogP contribution in [0.1, 0.15) is 91.5 Å². The van der Waals surface area contributed by atoms with Gasteiger partial charge in [-0.2, -0.15) is 0 Å². The van der Waals surface area contributed by atoms with Crippen LogP contribution >= 0.6 is 0 Å². The van der Waals surface area contributed by atoms with Crippen molar-refractivity contribution in [2.24, 2.45) is 11.8 Å². The van der Waals surface area contributed by atoms with Crippen LogP contribution in [0.3, 0.4) is 0 Å². The van der Waals surface area contributed by atoms with E-state index in [0.717, 1.165) is 24.3 Å². The Bertz CT molecular complexity index is 761. The van der Waals surface area contributed by atoms with Crippen LogP contribution in [0.2, 0.25) is 0 Å². The van der Waals surface area contributed by atoms with E-state index in [1.165, 1.54) is 22.3 Å². The molecule has 0 saturated carbocycles. The third-order valence-corrected chi connectivity index (χ3v) is 5.33. The van der Waals surface area contributed by atoms with Gasteiger partial charge in [-0.15, -0.1) is 0 Å². The minimum absolute atomic E-state index is 0.109. The van der Waals surface area contributed by atoms with Gasteiger partial charge in [-0.3, -0.25) is 9.78 Å². The minimum atomic E-state index is 0.109. The molecule has 0 aliphatic carbocycles. The summed E-state index contributed by atoms with van der Waals surface area (Å²) in [5.41, 5.74) is 5.26. The largest absolute Gasteiger partial charge is 0.290 e. The Balaban J connectivity index is 2.33. The summed E-state index contributed by atoms with van der Waals surface area (Å²) in [6.07, 6.45) is 1.93. The predicted molar refractivity (Wildman–Crippen MR) is 129 cm³/mol. The van der Waals surface area contributed by atoms with E-state index in [0.29, 0.717) is 11.8 Å². The molecule has 0 N–H and O–H groups in total. The summed E-state index contributed by atoms with van der Waals surface area (Å²) in [6, 6.07) is 13.0. The van der Waals surface area contributed by atoms with Crippen molar-refractivity contribution in [1.82, 2.24) is 0 Å². The van der Waals surface area contributed by atoms with Crippen LogP contribution in [-0.2, 0) is 23.7 Å². The van der Waals surface area contributed by atoms with Crippen LogP contribution in [0.25, 0.3) is 0 Å². The molecule has 0 atom stereocenters. The van der Waals surface area contributed by atoms with Crippen molar-refractivity contribution in [3.05, 3.63) is 58.7 Å². The molecule has 0 amide bonds. The van der Waals surface area contributed by atoms with E-state index >= 15 is 0 Å². The average molecular weight is 411 g/mol. The molecule has 0 saturated heterocycles. The number of hydrogen-bond donors (Lipinski definition) is 0. The molecule has 2 heteroatoms. The van der Waals surface area contributed by atoms with E-state index in [2.05, 4.69) is 106 Å². The molecule has 0 radical (unpaired) electrons. The highest BCUT2D eigenvalue weighted by molar-refractivity contribution is 5.42.